The number of rotatable bonds is 2. The molecule has 1 aromatic carbocycles. The Morgan fingerprint density at radius 1 is 1.21 bits per heavy atom. The number of halogens is 1. The van der Waals surface area contributed by atoms with Crippen LogP contribution >= 0.6 is 11.6 Å². The Labute approximate surface area is 119 Å². The standard InChI is InChI=1S/C16H19ClN2/c1-11(12-6-5-7-13(17)10-12)16-14-8-3-2-4-9-15(14)18-19-16/h5-7,10-11H,2-4,8-9H2,1H3,(H,18,19). The number of fused-ring (bicyclic) bond motifs is 1. The Bertz CT molecular complexity index is 574. The summed E-state index contributed by atoms with van der Waals surface area (Å²) in [6.45, 7) is 2.22. The van der Waals surface area contributed by atoms with Crippen molar-refractivity contribution < 1.29 is 0 Å². The Morgan fingerprint density at radius 2 is 2.05 bits per heavy atom. The van der Waals surface area contributed by atoms with E-state index in [9.17, 15) is 0 Å². The molecule has 2 aromatic rings. The second kappa shape index (κ2) is 5.38. The quantitative estimate of drug-likeness (QED) is 0.804. The molecule has 0 saturated carbocycles. The number of nitrogens with one attached hydrogen (secondary N) is 1. The zero-order chi connectivity index (χ0) is 13.2. The van der Waals surface area contributed by atoms with E-state index < -0.39 is 0 Å². The molecule has 2 nitrogen and oxygen atoms in total. The van der Waals surface area contributed by atoms with E-state index >= 15 is 0 Å². The van der Waals surface area contributed by atoms with Crippen LogP contribution in [0.15, 0.2) is 24.3 Å². The lowest BCUT2D eigenvalue weighted by Gasteiger charge is -2.12. The lowest BCUT2D eigenvalue weighted by Crippen LogP contribution is -2.01. The van der Waals surface area contributed by atoms with Crippen molar-refractivity contribution in [2.24, 2.45) is 0 Å². The SMILES string of the molecule is CC(c1cccc(Cl)c1)c1n[nH]c2c1CCCCC2. The van der Waals surface area contributed by atoms with E-state index in [0.717, 1.165) is 17.9 Å². The molecule has 0 bridgehead atoms. The van der Waals surface area contributed by atoms with E-state index in [1.807, 2.05) is 18.2 Å². The molecule has 1 heterocycles. The molecule has 19 heavy (non-hydrogen) atoms. The van der Waals surface area contributed by atoms with Crippen molar-refractivity contribution in [1.82, 2.24) is 10.2 Å². The van der Waals surface area contributed by atoms with E-state index in [1.165, 1.54) is 41.8 Å². The molecule has 1 N–H and O–H groups in total. The molecule has 0 radical (unpaired) electrons. The first-order chi connectivity index (χ1) is 9.25. The molecule has 1 aliphatic carbocycles. The Kier molecular flexibility index (Phi) is 3.61. The van der Waals surface area contributed by atoms with Gasteiger partial charge in [0.15, 0.2) is 0 Å². The van der Waals surface area contributed by atoms with Crippen LogP contribution < -0.4 is 0 Å². The van der Waals surface area contributed by atoms with E-state index in [-0.39, 0.29) is 0 Å². The van der Waals surface area contributed by atoms with Crippen LogP contribution in [0.2, 0.25) is 5.02 Å². The minimum atomic E-state index is 0.303. The molecule has 1 aromatic heterocycles. The minimum absolute atomic E-state index is 0.303. The fourth-order valence-electron chi connectivity index (χ4n) is 2.98. The average molecular weight is 275 g/mol. The first-order valence-electron chi connectivity index (χ1n) is 7.07. The van der Waals surface area contributed by atoms with E-state index in [1.54, 1.807) is 0 Å². The van der Waals surface area contributed by atoms with Crippen molar-refractivity contribution in [3.8, 4) is 0 Å². The van der Waals surface area contributed by atoms with Crippen LogP contribution in [0.4, 0.5) is 0 Å². The summed E-state index contributed by atoms with van der Waals surface area (Å²) in [4.78, 5) is 0. The molecular weight excluding hydrogens is 256 g/mol. The highest BCUT2D eigenvalue weighted by Gasteiger charge is 2.20. The van der Waals surface area contributed by atoms with Gasteiger partial charge in [-0.1, -0.05) is 37.1 Å². The average Bonchev–Trinajstić information content (AvgIpc) is 2.67. The number of hydrogen-bond donors (Lipinski definition) is 1. The summed E-state index contributed by atoms with van der Waals surface area (Å²) >= 11 is 6.09. The number of aryl methyl sites for hydroxylation is 1. The van der Waals surface area contributed by atoms with Gasteiger partial charge in [0.2, 0.25) is 0 Å². The van der Waals surface area contributed by atoms with Crippen LogP contribution in [0.3, 0.4) is 0 Å². The van der Waals surface area contributed by atoms with Crippen molar-refractivity contribution >= 4 is 11.6 Å². The van der Waals surface area contributed by atoms with Crippen LogP contribution in [0.5, 0.6) is 0 Å². The summed E-state index contributed by atoms with van der Waals surface area (Å²) in [6, 6.07) is 8.11. The predicted molar refractivity (Wildman–Crippen MR) is 78.8 cm³/mol. The van der Waals surface area contributed by atoms with E-state index in [2.05, 4.69) is 23.2 Å². The van der Waals surface area contributed by atoms with Crippen molar-refractivity contribution in [2.75, 3.05) is 0 Å². The van der Waals surface area contributed by atoms with Gasteiger partial charge in [-0.2, -0.15) is 5.10 Å². The van der Waals surface area contributed by atoms with Crippen LogP contribution in [-0.4, -0.2) is 10.2 Å². The van der Waals surface area contributed by atoms with Gasteiger partial charge >= 0.3 is 0 Å². The topological polar surface area (TPSA) is 28.7 Å². The number of hydrogen-bond acceptors (Lipinski definition) is 1. The normalized spacial score (nSPS) is 16.7. The molecule has 1 unspecified atom stereocenters. The summed E-state index contributed by atoms with van der Waals surface area (Å²) in [5.74, 6) is 0.303. The molecule has 100 valence electrons. The van der Waals surface area contributed by atoms with Gasteiger partial charge in [0.25, 0.3) is 0 Å². The maximum atomic E-state index is 6.09. The Hall–Kier alpha value is -1.28. The van der Waals surface area contributed by atoms with Gasteiger partial charge in [0.05, 0.1) is 5.69 Å². The van der Waals surface area contributed by atoms with Crippen LogP contribution in [0.25, 0.3) is 0 Å². The van der Waals surface area contributed by atoms with Gasteiger partial charge in [-0.3, -0.25) is 5.10 Å². The zero-order valence-corrected chi connectivity index (χ0v) is 12.0. The van der Waals surface area contributed by atoms with Crippen molar-refractivity contribution in [3.05, 3.63) is 51.8 Å². The summed E-state index contributed by atoms with van der Waals surface area (Å²) < 4.78 is 0. The first kappa shape index (κ1) is 12.7. The molecule has 0 amide bonds. The second-order valence-electron chi connectivity index (χ2n) is 5.40. The third-order valence-corrected chi connectivity index (χ3v) is 4.33. The number of H-pyrrole nitrogens is 1. The lowest BCUT2D eigenvalue weighted by molar-refractivity contribution is 0.695. The van der Waals surface area contributed by atoms with Gasteiger partial charge in [0.1, 0.15) is 0 Å². The van der Waals surface area contributed by atoms with E-state index in [4.69, 9.17) is 11.6 Å². The van der Waals surface area contributed by atoms with Crippen molar-refractivity contribution in [1.29, 1.82) is 0 Å². The van der Waals surface area contributed by atoms with Crippen molar-refractivity contribution in [2.45, 2.75) is 44.9 Å². The van der Waals surface area contributed by atoms with Gasteiger partial charge in [-0.05, 0) is 48.9 Å². The molecule has 3 heteroatoms. The number of aromatic amines is 1. The molecule has 1 atom stereocenters. The molecular formula is C16H19ClN2. The first-order valence-corrected chi connectivity index (χ1v) is 7.45. The van der Waals surface area contributed by atoms with Gasteiger partial charge in [-0.15, -0.1) is 0 Å². The molecule has 0 saturated heterocycles. The largest absolute Gasteiger partial charge is 0.282 e. The molecule has 3 rings (SSSR count). The maximum absolute atomic E-state index is 6.09. The Morgan fingerprint density at radius 3 is 2.89 bits per heavy atom. The summed E-state index contributed by atoms with van der Waals surface area (Å²) in [5.41, 5.74) is 5.25. The summed E-state index contributed by atoms with van der Waals surface area (Å²) in [6.07, 6.45) is 6.19. The van der Waals surface area contributed by atoms with Crippen LogP contribution in [-0.2, 0) is 12.8 Å². The zero-order valence-electron chi connectivity index (χ0n) is 11.2. The molecule has 1 aliphatic rings. The summed E-state index contributed by atoms with van der Waals surface area (Å²) in [7, 11) is 0. The smallest absolute Gasteiger partial charge is 0.0728 e. The number of aromatic nitrogens is 2. The fraction of sp³-hybridized carbons (Fsp3) is 0.438. The highest BCUT2D eigenvalue weighted by atomic mass is 35.5. The van der Waals surface area contributed by atoms with Crippen LogP contribution in [0.1, 0.15) is 54.6 Å². The fourth-order valence-corrected chi connectivity index (χ4v) is 3.17. The monoisotopic (exact) mass is 274 g/mol. The highest BCUT2D eigenvalue weighted by molar-refractivity contribution is 6.30. The Balaban J connectivity index is 1.96. The highest BCUT2D eigenvalue weighted by Crippen LogP contribution is 2.31. The third kappa shape index (κ3) is 2.55. The van der Waals surface area contributed by atoms with E-state index in [0.29, 0.717) is 5.92 Å². The molecule has 0 spiro atoms. The number of nitrogens with zero attached hydrogens (tertiary/aromatic N) is 1. The summed E-state index contributed by atoms with van der Waals surface area (Å²) in [5, 5.41) is 8.62. The lowest BCUT2D eigenvalue weighted by atomic mass is 9.93. The van der Waals surface area contributed by atoms with Crippen LogP contribution in [0, 0.1) is 0 Å². The molecule has 0 aliphatic heterocycles. The number of benzene rings is 1. The predicted octanol–water partition coefficient (Wildman–Crippen LogP) is 4.48. The minimum Gasteiger partial charge on any atom is -0.282 e. The van der Waals surface area contributed by atoms with Gasteiger partial charge in [-0.25, -0.2) is 0 Å². The van der Waals surface area contributed by atoms with Crippen molar-refractivity contribution in [3.63, 3.8) is 0 Å². The maximum Gasteiger partial charge on any atom is 0.0728 e. The second-order valence-corrected chi connectivity index (χ2v) is 5.84. The molecule has 0 fully saturated rings. The third-order valence-electron chi connectivity index (χ3n) is 4.10. The van der Waals surface area contributed by atoms with Gasteiger partial charge in [0, 0.05) is 16.6 Å². The van der Waals surface area contributed by atoms with Gasteiger partial charge < -0.3 is 0 Å².